The highest BCUT2D eigenvalue weighted by molar-refractivity contribution is 8.00. The lowest BCUT2D eigenvalue weighted by atomic mass is 10.2. The molecule has 0 spiro atoms. The van der Waals surface area contributed by atoms with Crippen molar-refractivity contribution in [1.82, 2.24) is 5.32 Å². The average Bonchev–Trinajstić information content (AvgIpc) is 2.26. The molecule has 0 fully saturated rings. The van der Waals surface area contributed by atoms with Gasteiger partial charge in [0.15, 0.2) is 0 Å². The largest absolute Gasteiger partial charge is 0.358 e. The molecule has 74 valence electrons. The third-order valence-corrected chi connectivity index (χ3v) is 2.64. The first-order valence-electron chi connectivity index (χ1n) is 4.15. The van der Waals surface area contributed by atoms with Crippen LogP contribution in [0.15, 0.2) is 29.2 Å². The van der Waals surface area contributed by atoms with Crippen molar-refractivity contribution in [3.05, 3.63) is 29.8 Å². The number of rotatable bonds is 4. The minimum absolute atomic E-state index is 0.0218. The molecule has 14 heavy (non-hydrogen) atoms. The number of hydrogen-bond acceptors (Lipinski definition) is 3. The van der Waals surface area contributed by atoms with Gasteiger partial charge in [-0.15, -0.1) is 11.8 Å². The number of thioether (sulfide) groups is 1. The summed E-state index contributed by atoms with van der Waals surface area (Å²) in [6.07, 6.45) is 0.796. The van der Waals surface area contributed by atoms with Crippen molar-refractivity contribution >= 4 is 24.0 Å². The maximum absolute atomic E-state index is 10.9. The average molecular weight is 209 g/mol. The molecule has 1 aromatic rings. The van der Waals surface area contributed by atoms with Gasteiger partial charge in [0.25, 0.3) is 0 Å². The molecule has 1 N–H and O–H groups in total. The smallest absolute Gasteiger partial charge is 0.230 e. The molecule has 0 saturated carbocycles. The van der Waals surface area contributed by atoms with Gasteiger partial charge in [0.1, 0.15) is 6.29 Å². The van der Waals surface area contributed by atoms with E-state index in [9.17, 15) is 9.59 Å². The Kier molecular flexibility index (Phi) is 4.19. The Bertz CT molecular complexity index is 339. The van der Waals surface area contributed by atoms with Crippen LogP contribution in [0.5, 0.6) is 0 Å². The van der Waals surface area contributed by atoms with Gasteiger partial charge in [-0.3, -0.25) is 9.59 Å². The zero-order valence-corrected chi connectivity index (χ0v) is 8.64. The zero-order valence-electron chi connectivity index (χ0n) is 7.82. The van der Waals surface area contributed by atoms with Crippen LogP contribution in [0.1, 0.15) is 10.4 Å². The summed E-state index contributed by atoms with van der Waals surface area (Å²) in [5, 5.41) is 2.53. The van der Waals surface area contributed by atoms with E-state index in [1.165, 1.54) is 11.8 Å². The second kappa shape index (κ2) is 5.44. The Morgan fingerprint density at radius 1 is 1.57 bits per heavy atom. The molecule has 1 amide bonds. The third-order valence-electron chi connectivity index (χ3n) is 1.64. The summed E-state index contributed by atoms with van der Waals surface area (Å²) >= 11 is 1.41. The Morgan fingerprint density at radius 3 is 3.00 bits per heavy atom. The van der Waals surface area contributed by atoms with Crippen molar-refractivity contribution in [3.8, 4) is 0 Å². The Labute approximate surface area is 86.9 Å². The molecular weight excluding hydrogens is 198 g/mol. The first-order valence-corrected chi connectivity index (χ1v) is 5.13. The summed E-state index contributed by atoms with van der Waals surface area (Å²) in [7, 11) is 1.60. The number of amides is 1. The summed E-state index contributed by atoms with van der Waals surface area (Å²) in [4.78, 5) is 22.3. The quantitative estimate of drug-likeness (QED) is 0.601. The lowest BCUT2D eigenvalue weighted by molar-refractivity contribution is -0.118. The van der Waals surface area contributed by atoms with Crippen LogP contribution in [0.25, 0.3) is 0 Å². The van der Waals surface area contributed by atoms with Gasteiger partial charge in [-0.05, 0) is 12.1 Å². The van der Waals surface area contributed by atoms with Crippen LogP contribution in [0, 0.1) is 0 Å². The van der Waals surface area contributed by atoms with E-state index in [0.717, 1.165) is 11.2 Å². The number of nitrogens with one attached hydrogen (secondary N) is 1. The summed E-state index contributed by atoms with van der Waals surface area (Å²) in [6.45, 7) is 0. The van der Waals surface area contributed by atoms with E-state index in [-0.39, 0.29) is 5.91 Å². The molecule has 0 atom stereocenters. The van der Waals surface area contributed by atoms with E-state index in [0.29, 0.717) is 11.3 Å². The van der Waals surface area contributed by atoms with Gasteiger partial charge in [-0.1, -0.05) is 12.1 Å². The molecule has 0 radical (unpaired) electrons. The van der Waals surface area contributed by atoms with Crippen LogP contribution in [-0.4, -0.2) is 25.0 Å². The highest BCUT2D eigenvalue weighted by atomic mass is 32.2. The molecule has 0 bridgehead atoms. The Balaban J connectivity index is 2.58. The molecule has 3 nitrogen and oxygen atoms in total. The molecule has 0 saturated heterocycles. The van der Waals surface area contributed by atoms with Crippen LogP contribution in [0.3, 0.4) is 0 Å². The lowest BCUT2D eigenvalue weighted by Crippen LogP contribution is -2.19. The van der Waals surface area contributed by atoms with Gasteiger partial charge in [-0.25, -0.2) is 0 Å². The molecule has 0 aliphatic rings. The van der Waals surface area contributed by atoms with Crippen LogP contribution < -0.4 is 5.32 Å². The molecule has 1 rings (SSSR count). The van der Waals surface area contributed by atoms with Gasteiger partial charge in [0.2, 0.25) is 5.91 Å². The summed E-state index contributed by atoms with van der Waals surface area (Å²) < 4.78 is 0. The zero-order chi connectivity index (χ0) is 10.4. The molecule has 0 aromatic heterocycles. The highest BCUT2D eigenvalue weighted by Crippen LogP contribution is 2.17. The summed E-state index contributed by atoms with van der Waals surface area (Å²) in [5.41, 5.74) is 0.631. The fraction of sp³-hybridized carbons (Fsp3) is 0.200. The highest BCUT2D eigenvalue weighted by Gasteiger charge is 2.00. The maximum atomic E-state index is 10.9. The number of carbonyl (C=O) groups is 2. The predicted molar refractivity (Wildman–Crippen MR) is 56.6 cm³/mol. The van der Waals surface area contributed by atoms with Crippen molar-refractivity contribution < 1.29 is 9.59 Å². The Morgan fingerprint density at radius 2 is 2.36 bits per heavy atom. The minimum atomic E-state index is -0.0218. The molecule has 1 aromatic carbocycles. The molecule has 0 aliphatic carbocycles. The Hall–Kier alpha value is -1.29. The number of aldehydes is 1. The van der Waals surface area contributed by atoms with Gasteiger partial charge < -0.3 is 5.32 Å². The van der Waals surface area contributed by atoms with Gasteiger partial charge in [0, 0.05) is 17.5 Å². The fourth-order valence-electron chi connectivity index (χ4n) is 0.899. The third kappa shape index (κ3) is 3.22. The van der Waals surface area contributed by atoms with Crippen LogP contribution >= 0.6 is 11.8 Å². The summed E-state index contributed by atoms with van der Waals surface area (Å²) in [6, 6.07) is 7.17. The van der Waals surface area contributed by atoms with E-state index >= 15 is 0 Å². The van der Waals surface area contributed by atoms with E-state index in [4.69, 9.17) is 0 Å². The topological polar surface area (TPSA) is 46.2 Å². The SMILES string of the molecule is CNC(=O)CSc1cccc(C=O)c1. The van der Waals surface area contributed by atoms with Crippen molar-refractivity contribution in [1.29, 1.82) is 0 Å². The number of benzene rings is 1. The minimum Gasteiger partial charge on any atom is -0.358 e. The molecular formula is C10H11NO2S. The first-order chi connectivity index (χ1) is 6.76. The predicted octanol–water partition coefficient (Wildman–Crippen LogP) is 1.34. The molecule has 4 heteroatoms. The van der Waals surface area contributed by atoms with Crippen molar-refractivity contribution in [2.24, 2.45) is 0 Å². The fourth-order valence-corrected chi connectivity index (χ4v) is 1.73. The summed E-state index contributed by atoms with van der Waals surface area (Å²) in [5.74, 6) is 0.352. The molecule has 0 aliphatic heterocycles. The van der Waals surface area contributed by atoms with E-state index in [1.54, 1.807) is 25.2 Å². The van der Waals surface area contributed by atoms with Crippen LogP contribution in [0.2, 0.25) is 0 Å². The van der Waals surface area contributed by atoms with Gasteiger partial charge in [-0.2, -0.15) is 0 Å². The molecule has 0 heterocycles. The van der Waals surface area contributed by atoms with Crippen molar-refractivity contribution in [2.75, 3.05) is 12.8 Å². The second-order valence-corrected chi connectivity index (χ2v) is 3.70. The van der Waals surface area contributed by atoms with Crippen molar-refractivity contribution in [3.63, 3.8) is 0 Å². The normalized spacial score (nSPS) is 9.50. The second-order valence-electron chi connectivity index (χ2n) is 2.65. The van der Waals surface area contributed by atoms with E-state index in [2.05, 4.69) is 5.32 Å². The van der Waals surface area contributed by atoms with Crippen molar-refractivity contribution in [2.45, 2.75) is 4.90 Å². The van der Waals surface area contributed by atoms with E-state index in [1.807, 2.05) is 6.07 Å². The number of hydrogen-bond donors (Lipinski definition) is 1. The van der Waals surface area contributed by atoms with Gasteiger partial charge in [0.05, 0.1) is 5.75 Å². The number of carbonyl (C=O) groups excluding carboxylic acids is 2. The van der Waals surface area contributed by atoms with Crippen LogP contribution in [-0.2, 0) is 4.79 Å². The standard InChI is InChI=1S/C10H11NO2S/c1-11-10(13)7-14-9-4-2-3-8(5-9)6-12/h2-6H,7H2,1H3,(H,11,13). The van der Waals surface area contributed by atoms with Gasteiger partial charge >= 0.3 is 0 Å². The monoisotopic (exact) mass is 209 g/mol. The maximum Gasteiger partial charge on any atom is 0.230 e. The molecule has 0 unspecified atom stereocenters. The first kappa shape index (κ1) is 10.8. The lowest BCUT2D eigenvalue weighted by Gasteiger charge is -2.00. The van der Waals surface area contributed by atoms with Crippen LogP contribution in [0.4, 0.5) is 0 Å². The van der Waals surface area contributed by atoms with E-state index < -0.39 is 0 Å².